The maximum atomic E-state index is 6.25. The van der Waals surface area contributed by atoms with Gasteiger partial charge in [-0.05, 0) is 57.3 Å². The quantitative estimate of drug-likeness (QED) is 0.641. The zero-order valence-corrected chi connectivity index (χ0v) is 15.1. The Bertz CT molecular complexity index is 505. The van der Waals surface area contributed by atoms with Crippen molar-refractivity contribution in [2.75, 3.05) is 32.7 Å². The van der Waals surface area contributed by atoms with E-state index in [0.29, 0.717) is 11.9 Å². The van der Waals surface area contributed by atoms with E-state index in [4.69, 9.17) is 17.3 Å². The third-order valence-electron chi connectivity index (χ3n) is 4.66. The summed E-state index contributed by atoms with van der Waals surface area (Å²) in [6, 6.07) is 8.12. The molecule has 0 atom stereocenters. The van der Waals surface area contributed by atoms with E-state index in [1.807, 2.05) is 12.1 Å². The van der Waals surface area contributed by atoms with E-state index in [0.717, 1.165) is 44.3 Å². The van der Waals surface area contributed by atoms with Gasteiger partial charge in [-0.15, -0.1) is 0 Å². The summed E-state index contributed by atoms with van der Waals surface area (Å²) in [5.74, 6) is 1.33. The second kappa shape index (κ2) is 9.14. The Morgan fingerprint density at radius 2 is 1.91 bits per heavy atom. The van der Waals surface area contributed by atoms with Crippen molar-refractivity contribution in [1.82, 2.24) is 9.80 Å². The maximum Gasteiger partial charge on any atom is 0.191 e. The minimum Gasteiger partial charge on any atom is -0.370 e. The molecule has 0 saturated carbocycles. The van der Waals surface area contributed by atoms with Gasteiger partial charge in [-0.3, -0.25) is 9.89 Å². The number of aliphatic imine (C=N–C) groups is 1. The zero-order chi connectivity index (χ0) is 16.7. The first kappa shape index (κ1) is 18.1. The van der Waals surface area contributed by atoms with Gasteiger partial charge in [0.2, 0.25) is 0 Å². The van der Waals surface area contributed by atoms with Crippen LogP contribution in [-0.4, -0.2) is 48.5 Å². The van der Waals surface area contributed by atoms with Gasteiger partial charge in [0, 0.05) is 31.2 Å². The molecule has 1 aromatic carbocycles. The number of hydrogen-bond donors (Lipinski definition) is 1. The van der Waals surface area contributed by atoms with Crippen LogP contribution in [0.5, 0.6) is 0 Å². The molecule has 23 heavy (non-hydrogen) atoms. The molecule has 128 valence electrons. The summed E-state index contributed by atoms with van der Waals surface area (Å²) in [5.41, 5.74) is 7.27. The van der Waals surface area contributed by atoms with Crippen LogP contribution in [0, 0.1) is 5.92 Å². The Balaban J connectivity index is 1.78. The van der Waals surface area contributed by atoms with Gasteiger partial charge in [0.25, 0.3) is 0 Å². The van der Waals surface area contributed by atoms with E-state index in [9.17, 15) is 0 Å². The lowest BCUT2D eigenvalue weighted by Gasteiger charge is -2.31. The van der Waals surface area contributed by atoms with E-state index in [-0.39, 0.29) is 0 Å². The van der Waals surface area contributed by atoms with Crippen molar-refractivity contribution in [3.63, 3.8) is 0 Å². The normalized spacial score (nSPS) is 17.4. The van der Waals surface area contributed by atoms with E-state index >= 15 is 0 Å². The first-order chi connectivity index (χ1) is 11.1. The predicted octanol–water partition coefficient (Wildman–Crippen LogP) is 3.21. The Hall–Kier alpha value is -1.26. The second-order valence-electron chi connectivity index (χ2n) is 6.18. The number of likely N-dealkylation sites (tertiary alicyclic amines) is 1. The summed E-state index contributed by atoms with van der Waals surface area (Å²) in [5, 5.41) is 0.867. The number of nitrogens with two attached hydrogens (primary N) is 1. The fourth-order valence-electron chi connectivity index (χ4n) is 3.06. The molecular formula is C18H29ClN4. The topological polar surface area (TPSA) is 44.9 Å². The third kappa shape index (κ3) is 5.40. The average molecular weight is 337 g/mol. The van der Waals surface area contributed by atoms with Crippen molar-refractivity contribution in [3.8, 4) is 0 Å². The monoisotopic (exact) mass is 336 g/mol. The summed E-state index contributed by atoms with van der Waals surface area (Å²) in [4.78, 5) is 9.18. The number of halogens is 1. The molecule has 1 fully saturated rings. The van der Waals surface area contributed by atoms with E-state index in [1.165, 1.54) is 18.4 Å². The predicted molar refractivity (Wildman–Crippen MR) is 98.9 cm³/mol. The molecule has 0 bridgehead atoms. The highest BCUT2D eigenvalue weighted by atomic mass is 35.5. The number of piperidine rings is 1. The van der Waals surface area contributed by atoms with Gasteiger partial charge < -0.3 is 10.6 Å². The van der Waals surface area contributed by atoms with Gasteiger partial charge in [0.05, 0.1) is 0 Å². The maximum absolute atomic E-state index is 6.25. The Morgan fingerprint density at radius 1 is 1.26 bits per heavy atom. The molecule has 5 heteroatoms. The molecule has 2 N–H and O–H groups in total. The van der Waals surface area contributed by atoms with Crippen LogP contribution in [0.2, 0.25) is 5.02 Å². The largest absolute Gasteiger partial charge is 0.370 e. The van der Waals surface area contributed by atoms with Crippen molar-refractivity contribution in [2.45, 2.75) is 33.2 Å². The van der Waals surface area contributed by atoms with Gasteiger partial charge in [-0.1, -0.05) is 29.8 Å². The molecule has 4 nitrogen and oxygen atoms in total. The molecule has 0 amide bonds. The SMILES string of the molecule is CCN(CC)C(N)=NCC1CCN(Cc2ccccc2Cl)CC1. The second-order valence-corrected chi connectivity index (χ2v) is 6.59. The molecule has 0 radical (unpaired) electrons. The van der Waals surface area contributed by atoms with Crippen LogP contribution in [0.15, 0.2) is 29.3 Å². The lowest BCUT2D eigenvalue weighted by Crippen LogP contribution is -2.38. The number of rotatable bonds is 6. The fraction of sp³-hybridized carbons (Fsp3) is 0.611. The first-order valence-corrected chi connectivity index (χ1v) is 9.02. The third-order valence-corrected chi connectivity index (χ3v) is 5.03. The van der Waals surface area contributed by atoms with Crippen LogP contribution in [-0.2, 0) is 6.54 Å². The van der Waals surface area contributed by atoms with E-state index in [2.05, 4.69) is 40.8 Å². The number of benzene rings is 1. The van der Waals surface area contributed by atoms with Gasteiger partial charge in [0.1, 0.15) is 0 Å². The van der Waals surface area contributed by atoms with Crippen LogP contribution in [0.25, 0.3) is 0 Å². The molecule has 1 heterocycles. The highest BCUT2D eigenvalue weighted by molar-refractivity contribution is 6.31. The van der Waals surface area contributed by atoms with Crippen LogP contribution in [0.1, 0.15) is 32.3 Å². The minimum atomic E-state index is 0.645. The molecule has 2 rings (SSSR count). The van der Waals surface area contributed by atoms with Crippen LogP contribution < -0.4 is 5.73 Å². The van der Waals surface area contributed by atoms with E-state index in [1.54, 1.807) is 0 Å². The summed E-state index contributed by atoms with van der Waals surface area (Å²) >= 11 is 6.25. The molecule has 0 aromatic heterocycles. The number of hydrogen-bond acceptors (Lipinski definition) is 2. The minimum absolute atomic E-state index is 0.645. The summed E-state index contributed by atoms with van der Waals surface area (Å²) in [6.07, 6.45) is 2.36. The smallest absolute Gasteiger partial charge is 0.191 e. The van der Waals surface area contributed by atoms with Crippen LogP contribution >= 0.6 is 11.6 Å². The molecule has 1 aliphatic heterocycles. The Morgan fingerprint density at radius 3 is 2.52 bits per heavy atom. The number of guanidine groups is 1. The molecule has 1 aliphatic rings. The standard InChI is InChI=1S/C18H29ClN4/c1-3-23(4-2)18(20)21-13-15-9-11-22(12-10-15)14-16-7-5-6-8-17(16)19/h5-8,15H,3-4,9-14H2,1-2H3,(H2,20,21). The van der Waals surface area contributed by atoms with Gasteiger partial charge in [-0.2, -0.15) is 0 Å². The molecule has 1 aromatic rings. The molecule has 0 aliphatic carbocycles. The molecule has 0 spiro atoms. The fourth-order valence-corrected chi connectivity index (χ4v) is 3.26. The summed E-state index contributed by atoms with van der Waals surface area (Å²) in [7, 11) is 0. The lowest BCUT2D eigenvalue weighted by atomic mass is 9.96. The Labute approximate surface area is 145 Å². The van der Waals surface area contributed by atoms with Crippen LogP contribution in [0.3, 0.4) is 0 Å². The highest BCUT2D eigenvalue weighted by Gasteiger charge is 2.19. The Kier molecular flexibility index (Phi) is 7.18. The summed E-state index contributed by atoms with van der Waals surface area (Å²) in [6.45, 7) is 10.1. The van der Waals surface area contributed by atoms with Gasteiger partial charge in [-0.25, -0.2) is 0 Å². The van der Waals surface area contributed by atoms with Gasteiger partial charge >= 0.3 is 0 Å². The first-order valence-electron chi connectivity index (χ1n) is 8.64. The zero-order valence-electron chi connectivity index (χ0n) is 14.3. The summed E-state index contributed by atoms with van der Waals surface area (Å²) < 4.78 is 0. The lowest BCUT2D eigenvalue weighted by molar-refractivity contribution is 0.180. The van der Waals surface area contributed by atoms with Crippen molar-refractivity contribution in [1.29, 1.82) is 0 Å². The van der Waals surface area contributed by atoms with Crippen molar-refractivity contribution in [2.24, 2.45) is 16.6 Å². The highest BCUT2D eigenvalue weighted by Crippen LogP contribution is 2.22. The average Bonchev–Trinajstić information content (AvgIpc) is 2.57. The molecule has 1 saturated heterocycles. The molecule has 0 unspecified atom stereocenters. The van der Waals surface area contributed by atoms with Crippen molar-refractivity contribution >= 4 is 17.6 Å². The van der Waals surface area contributed by atoms with E-state index < -0.39 is 0 Å². The van der Waals surface area contributed by atoms with Crippen molar-refractivity contribution < 1.29 is 0 Å². The van der Waals surface area contributed by atoms with Crippen molar-refractivity contribution in [3.05, 3.63) is 34.9 Å². The number of nitrogens with zero attached hydrogens (tertiary/aromatic N) is 3. The van der Waals surface area contributed by atoms with Crippen LogP contribution in [0.4, 0.5) is 0 Å². The van der Waals surface area contributed by atoms with Gasteiger partial charge in [0.15, 0.2) is 5.96 Å². The molecular weight excluding hydrogens is 308 g/mol.